The van der Waals surface area contributed by atoms with Crippen LogP contribution in [0.5, 0.6) is 0 Å². The number of sulfonamides is 1. The quantitative estimate of drug-likeness (QED) is 0.817. The zero-order valence-corrected chi connectivity index (χ0v) is 11.7. The Morgan fingerprint density at radius 3 is 2.70 bits per heavy atom. The van der Waals surface area contributed by atoms with E-state index in [4.69, 9.17) is 10.5 Å². The number of ether oxygens (including phenoxy) is 1. The van der Waals surface area contributed by atoms with Crippen molar-refractivity contribution in [3.63, 3.8) is 0 Å². The minimum atomic E-state index is -3.72. The summed E-state index contributed by atoms with van der Waals surface area (Å²) in [6, 6.07) is 4.34. The van der Waals surface area contributed by atoms with Crippen molar-refractivity contribution in [3.8, 4) is 0 Å². The Bertz CT molecular complexity index is 650. The maximum Gasteiger partial charge on any atom is 0.269 e. The van der Waals surface area contributed by atoms with E-state index in [0.29, 0.717) is 18.9 Å². The molecule has 0 bridgehead atoms. The van der Waals surface area contributed by atoms with Crippen LogP contribution in [0.25, 0.3) is 0 Å². The Balaban J connectivity index is 1.92. The lowest BCUT2D eigenvalue weighted by atomic mass is 10.0. The van der Waals surface area contributed by atoms with E-state index in [9.17, 15) is 13.2 Å². The zero-order chi connectivity index (χ0) is 14.3. The summed E-state index contributed by atoms with van der Waals surface area (Å²) in [5, 5.41) is 0. The summed E-state index contributed by atoms with van der Waals surface area (Å²) in [4.78, 5) is 12.4. The number of carbonyl (C=O) groups excluding carboxylic acids is 1. The summed E-state index contributed by atoms with van der Waals surface area (Å²) in [5.74, 6) is -0.312. The maximum atomic E-state index is 12.4. The molecule has 1 aromatic rings. The first-order chi connectivity index (χ1) is 9.50. The normalized spacial score (nSPS) is 22.0. The van der Waals surface area contributed by atoms with Gasteiger partial charge in [-0.3, -0.25) is 4.79 Å². The highest BCUT2D eigenvalue weighted by molar-refractivity contribution is 7.90. The number of hydrogen-bond acceptors (Lipinski definition) is 5. The molecule has 0 radical (unpaired) electrons. The molecule has 3 rings (SSSR count). The number of nitrogens with zero attached hydrogens (tertiary/aromatic N) is 1. The molecule has 2 heterocycles. The van der Waals surface area contributed by atoms with Crippen molar-refractivity contribution in [2.24, 2.45) is 5.92 Å². The molecule has 108 valence electrons. The molecule has 7 heteroatoms. The second-order valence-electron chi connectivity index (χ2n) is 5.15. The molecule has 1 fully saturated rings. The molecule has 0 atom stereocenters. The molecule has 1 amide bonds. The van der Waals surface area contributed by atoms with Gasteiger partial charge in [0.05, 0.1) is 5.56 Å². The third-order valence-corrected chi connectivity index (χ3v) is 5.60. The molecule has 20 heavy (non-hydrogen) atoms. The lowest BCUT2D eigenvalue weighted by Gasteiger charge is -2.26. The molecule has 1 saturated heterocycles. The largest absolute Gasteiger partial charge is 0.399 e. The fraction of sp³-hybridized carbons (Fsp3) is 0.462. The van der Waals surface area contributed by atoms with Crippen LogP contribution in [0.3, 0.4) is 0 Å². The van der Waals surface area contributed by atoms with Crippen molar-refractivity contribution in [2.75, 3.05) is 25.5 Å². The van der Waals surface area contributed by atoms with E-state index < -0.39 is 15.9 Å². The molecule has 0 saturated carbocycles. The Morgan fingerprint density at radius 1 is 1.30 bits per heavy atom. The van der Waals surface area contributed by atoms with Gasteiger partial charge in [0.25, 0.3) is 15.9 Å². The predicted octanol–water partition coefficient (Wildman–Crippen LogP) is 0.840. The molecule has 0 spiro atoms. The summed E-state index contributed by atoms with van der Waals surface area (Å²) < 4.78 is 31.1. The van der Waals surface area contributed by atoms with Crippen LogP contribution in [-0.4, -0.2) is 38.4 Å². The van der Waals surface area contributed by atoms with E-state index in [-0.39, 0.29) is 22.9 Å². The zero-order valence-electron chi connectivity index (χ0n) is 10.9. The second kappa shape index (κ2) is 4.75. The fourth-order valence-corrected chi connectivity index (χ4v) is 4.27. The van der Waals surface area contributed by atoms with E-state index in [1.54, 1.807) is 0 Å². The molecule has 0 unspecified atom stereocenters. The highest BCUT2D eigenvalue weighted by Crippen LogP contribution is 2.33. The number of nitrogen functional groups attached to an aromatic ring is 1. The van der Waals surface area contributed by atoms with Crippen LogP contribution in [0.15, 0.2) is 23.1 Å². The van der Waals surface area contributed by atoms with Crippen LogP contribution < -0.4 is 5.73 Å². The fourth-order valence-electron chi connectivity index (χ4n) is 2.65. The molecule has 2 aliphatic heterocycles. The molecule has 1 aromatic carbocycles. The highest BCUT2D eigenvalue weighted by atomic mass is 32.2. The molecule has 0 aromatic heterocycles. The number of benzene rings is 1. The standard InChI is InChI=1S/C13H16N2O4S/c14-10-1-2-12-11(7-10)13(16)15(20(12,17)18)8-9-3-5-19-6-4-9/h1-2,7,9H,3-6,8,14H2. The maximum absolute atomic E-state index is 12.4. The third-order valence-electron chi connectivity index (χ3n) is 3.79. The van der Waals surface area contributed by atoms with Crippen LogP contribution in [0.1, 0.15) is 23.2 Å². The molecule has 0 aliphatic carbocycles. The van der Waals surface area contributed by atoms with Gasteiger partial charge in [0, 0.05) is 25.4 Å². The van der Waals surface area contributed by atoms with E-state index >= 15 is 0 Å². The van der Waals surface area contributed by atoms with Gasteiger partial charge < -0.3 is 10.5 Å². The van der Waals surface area contributed by atoms with Gasteiger partial charge in [0.1, 0.15) is 4.90 Å². The summed E-state index contributed by atoms with van der Waals surface area (Å²) >= 11 is 0. The lowest BCUT2D eigenvalue weighted by molar-refractivity contribution is 0.0567. The van der Waals surface area contributed by atoms with Crippen molar-refractivity contribution in [2.45, 2.75) is 17.7 Å². The highest BCUT2D eigenvalue weighted by Gasteiger charge is 2.42. The number of carbonyl (C=O) groups is 1. The minimum absolute atomic E-state index is 0.0590. The van der Waals surface area contributed by atoms with E-state index in [1.165, 1.54) is 18.2 Å². The van der Waals surface area contributed by atoms with Crippen molar-refractivity contribution in [1.29, 1.82) is 0 Å². The van der Waals surface area contributed by atoms with Gasteiger partial charge >= 0.3 is 0 Å². The predicted molar refractivity (Wildman–Crippen MR) is 72.6 cm³/mol. The summed E-state index contributed by atoms with van der Waals surface area (Å²) in [6.07, 6.45) is 1.55. The van der Waals surface area contributed by atoms with Crippen LogP contribution in [-0.2, 0) is 14.8 Å². The van der Waals surface area contributed by atoms with Crippen molar-refractivity contribution >= 4 is 21.6 Å². The van der Waals surface area contributed by atoms with Gasteiger partial charge in [-0.2, -0.15) is 0 Å². The number of hydrogen-bond donors (Lipinski definition) is 1. The molecule has 2 N–H and O–H groups in total. The number of anilines is 1. The lowest BCUT2D eigenvalue weighted by Crippen LogP contribution is -2.36. The molecular weight excluding hydrogens is 280 g/mol. The van der Waals surface area contributed by atoms with Gasteiger partial charge in [-0.1, -0.05) is 0 Å². The van der Waals surface area contributed by atoms with Crippen LogP contribution in [0, 0.1) is 5.92 Å². The van der Waals surface area contributed by atoms with E-state index in [0.717, 1.165) is 17.1 Å². The summed E-state index contributed by atoms with van der Waals surface area (Å²) in [7, 11) is -3.72. The molecular formula is C13H16N2O4S. The second-order valence-corrected chi connectivity index (χ2v) is 6.98. The number of amides is 1. The summed E-state index contributed by atoms with van der Waals surface area (Å²) in [5.41, 5.74) is 6.20. The van der Waals surface area contributed by atoms with Gasteiger partial charge in [-0.05, 0) is 37.0 Å². The first-order valence-corrected chi connectivity index (χ1v) is 7.98. The van der Waals surface area contributed by atoms with Gasteiger partial charge in [-0.15, -0.1) is 0 Å². The van der Waals surface area contributed by atoms with Gasteiger partial charge in [-0.25, -0.2) is 12.7 Å². The Morgan fingerprint density at radius 2 is 2.00 bits per heavy atom. The van der Waals surface area contributed by atoms with Gasteiger partial charge in [0.15, 0.2) is 0 Å². The van der Waals surface area contributed by atoms with Crippen LogP contribution >= 0.6 is 0 Å². The Hall–Kier alpha value is -1.60. The first kappa shape index (κ1) is 13.4. The van der Waals surface area contributed by atoms with Gasteiger partial charge in [0.2, 0.25) is 0 Å². The molecule has 6 nitrogen and oxygen atoms in total. The number of rotatable bonds is 2. The number of fused-ring (bicyclic) bond motifs is 1. The number of nitrogens with two attached hydrogens (primary N) is 1. The Labute approximate surface area is 117 Å². The SMILES string of the molecule is Nc1ccc2c(c1)C(=O)N(CC1CCOCC1)S2(=O)=O. The van der Waals surface area contributed by atoms with E-state index in [1.807, 2.05) is 0 Å². The van der Waals surface area contributed by atoms with Crippen LogP contribution in [0.4, 0.5) is 5.69 Å². The third kappa shape index (κ3) is 2.06. The smallest absolute Gasteiger partial charge is 0.269 e. The topological polar surface area (TPSA) is 89.7 Å². The average Bonchev–Trinajstić information content (AvgIpc) is 2.61. The average molecular weight is 296 g/mol. The Kier molecular flexibility index (Phi) is 3.18. The van der Waals surface area contributed by atoms with Crippen molar-refractivity contribution in [3.05, 3.63) is 23.8 Å². The van der Waals surface area contributed by atoms with Crippen LogP contribution in [0.2, 0.25) is 0 Å². The summed E-state index contributed by atoms with van der Waals surface area (Å²) in [6.45, 7) is 1.46. The van der Waals surface area contributed by atoms with Crippen molar-refractivity contribution in [1.82, 2.24) is 4.31 Å². The van der Waals surface area contributed by atoms with Crippen molar-refractivity contribution < 1.29 is 17.9 Å². The first-order valence-electron chi connectivity index (χ1n) is 6.54. The molecule has 2 aliphatic rings. The minimum Gasteiger partial charge on any atom is -0.399 e. The monoisotopic (exact) mass is 296 g/mol. The van der Waals surface area contributed by atoms with E-state index in [2.05, 4.69) is 0 Å².